The van der Waals surface area contributed by atoms with Gasteiger partial charge in [0.1, 0.15) is 4.90 Å². The lowest BCUT2D eigenvalue weighted by Gasteiger charge is -2.08. The van der Waals surface area contributed by atoms with Crippen molar-refractivity contribution in [3.05, 3.63) is 11.4 Å². The highest BCUT2D eigenvalue weighted by atomic mass is 32.2. The van der Waals surface area contributed by atoms with Crippen LogP contribution in [0.3, 0.4) is 0 Å². The van der Waals surface area contributed by atoms with Gasteiger partial charge in [-0.05, 0) is 26.8 Å². The van der Waals surface area contributed by atoms with Gasteiger partial charge in [0.05, 0.1) is 11.4 Å². The largest absolute Gasteiger partial charge is 0.381 e. The van der Waals surface area contributed by atoms with Gasteiger partial charge in [0.25, 0.3) is 0 Å². The minimum Gasteiger partial charge on any atom is -0.381 e. The molecular formula is C13H26N4O3S. The Hall–Kier alpha value is -0.960. The van der Waals surface area contributed by atoms with Crippen LogP contribution in [0.15, 0.2) is 4.90 Å². The van der Waals surface area contributed by atoms with Crippen molar-refractivity contribution in [2.75, 3.05) is 26.8 Å². The minimum absolute atomic E-state index is 0.240. The molecule has 0 aliphatic carbocycles. The van der Waals surface area contributed by atoms with Crippen molar-refractivity contribution in [1.29, 1.82) is 0 Å². The zero-order chi connectivity index (χ0) is 15.7. The Morgan fingerprint density at radius 2 is 2.00 bits per heavy atom. The lowest BCUT2D eigenvalue weighted by Crippen LogP contribution is -2.27. The number of aryl methyl sites for hydroxylation is 1. The van der Waals surface area contributed by atoms with Crippen LogP contribution in [0.25, 0.3) is 0 Å². The fourth-order valence-electron chi connectivity index (χ4n) is 1.91. The van der Waals surface area contributed by atoms with Crippen LogP contribution in [0.2, 0.25) is 0 Å². The summed E-state index contributed by atoms with van der Waals surface area (Å²) in [6.07, 6.45) is 2.79. The fourth-order valence-corrected chi connectivity index (χ4v) is 3.35. The van der Waals surface area contributed by atoms with Crippen molar-refractivity contribution < 1.29 is 13.2 Å². The Labute approximate surface area is 126 Å². The van der Waals surface area contributed by atoms with E-state index in [0.717, 1.165) is 19.4 Å². The first-order valence-electron chi connectivity index (χ1n) is 7.28. The molecule has 1 rings (SSSR count). The van der Waals surface area contributed by atoms with Crippen molar-refractivity contribution in [2.24, 2.45) is 0 Å². The molecule has 0 saturated heterocycles. The van der Waals surface area contributed by atoms with Gasteiger partial charge >= 0.3 is 0 Å². The van der Waals surface area contributed by atoms with Crippen molar-refractivity contribution in [3.8, 4) is 0 Å². The Morgan fingerprint density at radius 3 is 2.67 bits per heavy atom. The van der Waals surface area contributed by atoms with E-state index < -0.39 is 10.0 Å². The van der Waals surface area contributed by atoms with Gasteiger partial charge in [-0.1, -0.05) is 13.3 Å². The number of aromatic amines is 1. The van der Waals surface area contributed by atoms with Gasteiger partial charge in [-0.2, -0.15) is 5.10 Å². The predicted octanol–water partition coefficient (Wildman–Crippen LogP) is 0.923. The van der Waals surface area contributed by atoms with Crippen LogP contribution >= 0.6 is 0 Å². The van der Waals surface area contributed by atoms with E-state index in [4.69, 9.17) is 4.74 Å². The number of hydrogen-bond acceptors (Lipinski definition) is 5. The summed E-state index contributed by atoms with van der Waals surface area (Å²) < 4.78 is 32.6. The minimum atomic E-state index is -3.54. The summed E-state index contributed by atoms with van der Waals surface area (Å²) in [5.41, 5.74) is 1.05. The number of nitrogens with one attached hydrogen (secondary N) is 3. The predicted molar refractivity (Wildman–Crippen MR) is 81.6 cm³/mol. The molecule has 0 saturated carbocycles. The van der Waals surface area contributed by atoms with Crippen LogP contribution < -0.4 is 10.0 Å². The molecule has 1 aromatic heterocycles. The second-order valence-corrected chi connectivity index (χ2v) is 6.58. The van der Waals surface area contributed by atoms with E-state index in [1.54, 1.807) is 14.0 Å². The first kappa shape index (κ1) is 18.1. The molecule has 0 bridgehead atoms. The van der Waals surface area contributed by atoms with Crippen molar-refractivity contribution in [2.45, 2.75) is 44.6 Å². The third-order valence-corrected chi connectivity index (χ3v) is 4.64. The molecule has 0 fully saturated rings. The van der Waals surface area contributed by atoms with E-state index in [-0.39, 0.29) is 4.90 Å². The van der Waals surface area contributed by atoms with Gasteiger partial charge in [-0.25, -0.2) is 13.1 Å². The lowest BCUT2D eigenvalue weighted by molar-refractivity contribution is 0.130. The monoisotopic (exact) mass is 318 g/mol. The topological polar surface area (TPSA) is 96.1 Å². The quantitative estimate of drug-likeness (QED) is 0.527. The zero-order valence-electron chi connectivity index (χ0n) is 13.0. The zero-order valence-corrected chi connectivity index (χ0v) is 13.8. The summed E-state index contributed by atoms with van der Waals surface area (Å²) in [6, 6.07) is 0. The summed E-state index contributed by atoms with van der Waals surface area (Å²) in [7, 11) is -1.79. The van der Waals surface area contributed by atoms with E-state index >= 15 is 0 Å². The molecule has 3 N–H and O–H groups in total. The molecule has 0 aliphatic heterocycles. The van der Waals surface area contributed by atoms with Crippen LogP contribution in [0.4, 0.5) is 0 Å². The SMILES string of the molecule is CCCCOCCCNS(=O)(=O)c1c(CNC)n[nH]c1C. The maximum atomic E-state index is 12.3. The number of aromatic nitrogens is 2. The first-order valence-corrected chi connectivity index (χ1v) is 8.77. The number of unbranched alkanes of at least 4 members (excludes halogenated alkanes) is 1. The van der Waals surface area contributed by atoms with Gasteiger partial charge in [-0.15, -0.1) is 0 Å². The maximum Gasteiger partial charge on any atom is 0.244 e. The molecule has 0 amide bonds. The van der Waals surface area contributed by atoms with E-state index in [1.165, 1.54) is 0 Å². The van der Waals surface area contributed by atoms with Gasteiger partial charge < -0.3 is 10.1 Å². The second-order valence-electron chi connectivity index (χ2n) is 4.87. The molecule has 122 valence electrons. The number of rotatable bonds is 11. The molecule has 0 aliphatic rings. The molecule has 1 heterocycles. The number of hydrogen-bond donors (Lipinski definition) is 3. The number of nitrogens with zero attached hydrogens (tertiary/aromatic N) is 1. The van der Waals surface area contributed by atoms with Crippen LogP contribution in [0.1, 0.15) is 37.6 Å². The molecule has 0 radical (unpaired) electrons. The van der Waals surface area contributed by atoms with Crippen molar-refractivity contribution >= 4 is 10.0 Å². The van der Waals surface area contributed by atoms with Crippen molar-refractivity contribution in [1.82, 2.24) is 20.2 Å². The Bertz CT molecular complexity index is 513. The summed E-state index contributed by atoms with van der Waals surface area (Å²) in [6.45, 7) is 5.87. The summed E-state index contributed by atoms with van der Waals surface area (Å²) in [5, 5.41) is 9.65. The van der Waals surface area contributed by atoms with Crippen LogP contribution in [-0.4, -0.2) is 45.4 Å². The molecule has 0 unspecified atom stereocenters. The first-order chi connectivity index (χ1) is 10.0. The summed E-state index contributed by atoms with van der Waals surface area (Å²) in [5.74, 6) is 0. The van der Waals surface area contributed by atoms with Crippen LogP contribution in [0, 0.1) is 6.92 Å². The van der Waals surface area contributed by atoms with Gasteiger partial charge in [0.2, 0.25) is 10.0 Å². The van der Waals surface area contributed by atoms with E-state index in [2.05, 4.69) is 27.2 Å². The van der Waals surface area contributed by atoms with E-state index in [0.29, 0.717) is 37.5 Å². The number of H-pyrrole nitrogens is 1. The molecule has 1 aromatic rings. The molecule has 0 aromatic carbocycles. The van der Waals surface area contributed by atoms with Crippen molar-refractivity contribution in [3.63, 3.8) is 0 Å². The third kappa shape index (κ3) is 5.74. The van der Waals surface area contributed by atoms with Gasteiger partial charge in [0.15, 0.2) is 0 Å². The molecule has 7 nitrogen and oxygen atoms in total. The Kier molecular flexibility index (Phi) is 7.87. The molecule has 21 heavy (non-hydrogen) atoms. The highest BCUT2D eigenvalue weighted by molar-refractivity contribution is 7.89. The average Bonchev–Trinajstić information content (AvgIpc) is 2.80. The van der Waals surface area contributed by atoms with E-state index in [9.17, 15) is 8.42 Å². The highest BCUT2D eigenvalue weighted by Gasteiger charge is 2.23. The standard InChI is InChI=1S/C13H26N4O3S/c1-4-5-8-20-9-6-7-15-21(18,19)13-11(2)16-17-12(13)10-14-3/h14-15H,4-10H2,1-3H3,(H,16,17). The second kappa shape index (κ2) is 9.14. The highest BCUT2D eigenvalue weighted by Crippen LogP contribution is 2.17. The summed E-state index contributed by atoms with van der Waals surface area (Å²) >= 11 is 0. The van der Waals surface area contributed by atoms with Crippen LogP contribution in [0.5, 0.6) is 0 Å². The smallest absolute Gasteiger partial charge is 0.244 e. The Morgan fingerprint density at radius 1 is 1.29 bits per heavy atom. The maximum absolute atomic E-state index is 12.3. The fraction of sp³-hybridized carbons (Fsp3) is 0.769. The average molecular weight is 318 g/mol. The van der Waals surface area contributed by atoms with Gasteiger partial charge in [0, 0.05) is 26.3 Å². The van der Waals surface area contributed by atoms with Gasteiger partial charge in [-0.3, -0.25) is 5.10 Å². The summed E-state index contributed by atoms with van der Waals surface area (Å²) in [4.78, 5) is 0.240. The molecule has 8 heteroatoms. The number of ether oxygens (including phenoxy) is 1. The van der Waals surface area contributed by atoms with Crippen LogP contribution in [-0.2, 0) is 21.3 Å². The normalized spacial score (nSPS) is 12.0. The van der Waals surface area contributed by atoms with E-state index in [1.807, 2.05) is 0 Å². The lowest BCUT2D eigenvalue weighted by atomic mass is 10.4. The Balaban J connectivity index is 2.48. The molecular weight excluding hydrogens is 292 g/mol. The third-order valence-electron chi connectivity index (χ3n) is 2.97. The number of sulfonamides is 1. The molecule has 0 spiro atoms. The molecule has 0 atom stereocenters.